The molecule has 12 aliphatic heterocycles. The van der Waals surface area contributed by atoms with Gasteiger partial charge in [0.05, 0.1) is 49.8 Å². The molecule has 22 heteroatoms. The van der Waals surface area contributed by atoms with Crippen molar-refractivity contribution in [3.05, 3.63) is 0 Å². The van der Waals surface area contributed by atoms with Gasteiger partial charge in [-0.2, -0.15) is 23.5 Å². The Hall–Kier alpha value is -0.100. The van der Waals surface area contributed by atoms with Crippen LogP contribution in [0.5, 0.6) is 0 Å². The van der Waals surface area contributed by atoms with E-state index in [4.69, 9.17) is 43.6 Å². The smallest absolute Gasteiger partial charge is 0.187 e. The molecule has 0 aromatic carbocycles. The molecule has 20 nitrogen and oxygen atoms in total. The van der Waals surface area contributed by atoms with Crippen molar-refractivity contribution in [2.24, 2.45) is 17.6 Å². The lowest BCUT2D eigenvalue weighted by atomic mass is 9.85. The van der Waals surface area contributed by atoms with Crippen molar-refractivity contribution in [1.29, 1.82) is 0 Å². The van der Waals surface area contributed by atoms with Crippen LogP contribution in [0, 0.1) is 11.8 Å². The number of rotatable bonds is 11. The second kappa shape index (κ2) is 26.3. The van der Waals surface area contributed by atoms with Crippen molar-refractivity contribution in [3.63, 3.8) is 0 Å². The highest BCUT2D eigenvalue weighted by molar-refractivity contribution is 7.99. The SMILES string of the molecule is CNCCSCC1O[C@@H]2OCCCCCC3C(CO)O[C@H](OC1[C@H](O)C2O)C(O)[C@H]3O.NCCSCC1O[C@@H]2OCCCCCC3C(CO)O[C@H](OC1[C@H](O)C2O)C(O)[C@H]3O. The quantitative estimate of drug-likeness (QED) is 0.0898. The highest BCUT2D eigenvalue weighted by atomic mass is 32.2. The molecule has 0 aliphatic carbocycles. The summed E-state index contributed by atoms with van der Waals surface area (Å²) in [6.07, 6.45) is -14.0. The maximum Gasteiger partial charge on any atom is 0.187 e. The van der Waals surface area contributed by atoms with Crippen molar-refractivity contribution in [3.8, 4) is 0 Å². The molecule has 0 saturated carbocycles. The maximum atomic E-state index is 10.8. The van der Waals surface area contributed by atoms with Gasteiger partial charge in [-0.05, 0) is 32.7 Å². The summed E-state index contributed by atoms with van der Waals surface area (Å²) in [5, 5.41) is 108. The van der Waals surface area contributed by atoms with Crippen molar-refractivity contribution in [1.82, 2.24) is 5.32 Å². The maximum absolute atomic E-state index is 10.8. The van der Waals surface area contributed by atoms with Crippen LogP contribution >= 0.6 is 23.5 Å². The fourth-order valence-electron chi connectivity index (χ4n) is 8.65. The van der Waals surface area contributed by atoms with Crippen molar-refractivity contribution in [2.45, 2.75) is 162 Å². The molecule has 61 heavy (non-hydrogen) atoms. The van der Waals surface area contributed by atoms with E-state index in [0.29, 0.717) is 62.7 Å². The van der Waals surface area contributed by atoms with E-state index in [1.54, 1.807) is 11.8 Å². The van der Waals surface area contributed by atoms with Gasteiger partial charge in [0.1, 0.15) is 48.8 Å². The van der Waals surface area contributed by atoms with E-state index < -0.39 is 122 Å². The molecule has 0 aromatic heterocycles. The lowest BCUT2D eigenvalue weighted by molar-refractivity contribution is -0.351. The number of hydrogen-bond acceptors (Lipinski definition) is 22. The number of thioether (sulfide) groups is 2. The largest absolute Gasteiger partial charge is 0.394 e. The van der Waals surface area contributed by atoms with E-state index in [-0.39, 0.29) is 13.2 Å². The van der Waals surface area contributed by atoms with E-state index >= 15 is 0 Å². The van der Waals surface area contributed by atoms with Gasteiger partial charge in [0, 0.05) is 61.2 Å². The first-order valence-corrected chi connectivity index (χ1v) is 24.1. The van der Waals surface area contributed by atoms with Crippen LogP contribution < -0.4 is 11.1 Å². The second-order valence-electron chi connectivity index (χ2n) is 16.5. The van der Waals surface area contributed by atoms with Crippen LogP contribution in [0.1, 0.15) is 51.4 Å². The van der Waals surface area contributed by atoms with Crippen LogP contribution in [0.4, 0.5) is 0 Å². The average Bonchev–Trinajstić information content (AvgIpc) is 3.27. The minimum atomic E-state index is -1.36. The number of nitrogens with one attached hydrogen (secondary N) is 1. The number of nitrogens with two attached hydrogens (primary N) is 1. The summed E-state index contributed by atoms with van der Waals surface area (Å²) in [5.74, 6) is 1.50. The van der Waals surface area contributed by atoms with Crippen LogP contribution in [-0.4, -0.2) is 231 Å². The van der Waals surface area contributed by atoms with Gasteiger partial charge in [-0.15, -0.1) is 0 Å². The van der Waals surface area contributed by atoms with Gasteiger partial charge in [0.2, 0.25) is 0 Å². The van der Waals surface area contributed by atoms with Gasteiger partial charge in [-0.25, -0.2) is 0 Å². The molecule has 0 radical (unpaired) electrons. The van der Waals surface area contributed by atoms with Crippen LogP contribution in [-0.2, 0) is 37.9 Å². The third-order valence-electron chi connectivity index (χ3n) is 12.2. The summed E-state index contributed by atoms with van der Waals surface area (Å²) in [7, 11) is 1.86. The highest BCUT2D eigenvalue weighted by Gasteiger charge is 2.53. The molecule has 12 rings (SSSR count). The average molecular weight is 921 g/mol. The Bertz CT molecular complexity index is 1230. The Morgan fingerprint density at radius 2 is 0.902 bits per heavy atom. The van der Waals surface area contributed by atoms with Crippen LogP contribution in [0.2, 0.25) is 0 Å². The van der Waals surface area contributed by atoms with Crippen molar-refractivity contribution >= 4 is 23.5 Å². The van der Waals surface area contributed by atoms with E-state index in [1.807, 2.05) is 7.05 Å². The molecule has 12 saturated heterocycles. The Labute approximate surface area is 366 Å². The minimum Gasteiger partial charge on any atom is -0.394 e. The zero-order valence-corrected chi connectivity index (χ0v) is 36.5. The van der Waals surface area contributed by atoms with E-state index in [2.05, 4.69) is 5.32 Å². The van der Waals surface area contributed by atoms with Crippen LogP contribution in [0.3, 0.4) is 0 Å². The highest BCUT2D eigenvalue weighted by Crippen LogP contribution is 2.37. The molecule has 358 valence electrons. The molecule has 8 bridgehead atoms. The summed E-state index contributed by atoms with van der Waals surface area (Å²) in [4.78, 5) is 0. The van der Waals surface area contributed by atoms with Crippen molar-refractivity contribution in [2.75, 3.05) is 69.6 Å². The number of aliphatic hydroxyl groups is 10. The number of ether oxygens (including phenoxy) is 8. The summed E-state index contributed by atoms with van der Waals surface area (Å²) >= 11 is 3.10. The first-order valence-electron chi connectivity index (χ1n) is 21.8. The van der Waals surface area contributed by atoms with Crippen LogP contribution in [0.25, 0.3) is 0 Å². The molecule has 0 aromatic rings. The summed E-state index contributed by atoms with van der Waals surface area (Å²) in [6.45, 7) is 1.32. The monoisotopic (exact) mass is 920 g/mol. The zero-order chi connectivity index (χ0) is 44.1. The van der Waals surface area contributed by atoms with Gasteiger partial charge < -0.3 is 100 Å². The number of hydrogen-bond donors (Lipinski definition) is 12. The zero-order valence-electron chi connectivity index (χ0n) is 34.9. The summed E-state index contributed by atoms with van der Waals surface area (Å²) in [6, 6.07) is 0. The first kappa shape index (κ1) is 51.9. The fourth-order valence-corrected chi connectivity index (χ4v) is 10.5. The Morgan fingerprint density at radius 3 is 1.31 bits per heavy atom. The molecule has 0 amide bonds. The Balaban J connectivity index is 0.000000231. The third-order valence-corrected chi connectivity index (χ3v) is 14.3. The van der Waals surface area contributed by atoms with Crippen LogP contribution in [0.15, 0.2) is 0 Å². The molecule has 0 spiro atoms. The van der Waals surface area contributed by atoms with Gasteiger partial charge in [-0.1, -0.05) is 25.7 Å². The molecule has 13 N–H and O–H groups in total. The fraction of sp³-hybridized carbons (Fsp3) is 1.00. The van der Waals surface area contributed by atoms with Crippen molar-refractivity contribution < 1.29 is 89.0 Å². The molecule has 12 heterocycles. The van der Waals surface area contributed by atoms with Gasteiger partial charge in [0.25, 0.3) is 0 Å². The third kappa shape index (κ3) is 13.7. The molecule has 12 fully saturated rings. The molecule has 20 atom stereocenters. The lowest BCUT2D eigenvalue weighted by Gasteiger charge is -2.47. The predicted molar refractivity (Wildman–Crippen MR) is 220 cm³/mol. The number of aliphatic hydroxyl groups excluding tert-OH is 10. The lowest BCUT2D eigenvalue weighted by Crippen LogP contribution is -2.63. The van der Waals surface area contributed by atoms with E-state index in [1.165, 1.54) is 11.8 Å². The molecular formula is C39H72N2O18S2. The summed E-state index contributed by atoms with van der Waals surface area (Å²) in [5.41, 5.74) is 5.56. The summed E-state index contributed by atoms with van der Waals surface area (Å²) < 4.78 is 46.6. The molecule has 12 unspecified atom stereocenters. The first-order chi connectivity index (χ1) is 29.4. The molecular weight excluding hydrogens is 849 g/mol. The van der Waals surface area contributed by atoms with E-state index in [9.17, 15) is 51.1 Å². The van der Waals surface area contributed by atoms with Gasteiger partial charge >= 0.3 is 0 Å². The van der Waals surface area contributed by atoms with E-state index in [0.717, 1.165) is 38.0 Å². The predicted octanol–water partition coefficient (Wildman–Crippen LogP) is -3.43. The van der Waals surface area contributed by atoms with Gasteiger partial charge in [-0.3, -0.25) is 0 Å². The topological polar surface area (TPSA) is 314 Å². The second-order valence-corrected chi connectivity index (χ2v) is 18.8. The normalized spacial score (nSPS) is 45.2. The Kier molecular flexibility index (Phi) is 22.4. The minimum absolute atomic E-state index is 0.324. The Morgan fingerprint density at radius 1 is 0.492 bits per heavy atom. The van der Waals surface area contributed by atoms with Gasteiger partial charge in [0.15, 0.2) is 25.2 Å². The molecule has 12 aliphatic rings. The standard InChI is InChI=1S/C20H37NO9S.C19H35NO9S/c1-21-6-8-31-10-13-18-15(24)17(26)19(29-13)27-7-4-2-3-5-11-12(9-22)28-20(30-18)16(25)14(11)23;20-5-7-30-9-12-17-14(23)16(25)18(28-12)26-6-3-1-2-4-10-11(8-21)27-19(29-17)15(24)13(10)22/h11-26H,2-10H2,1H3;10-19,21-25H,1-9,20H2/t11?,12?,13?,14-,15+,16?,17?,18?,19-,20+;10?,11?,12?,13-,14+,15?,16?,17?,18-,19+/m00/s1.